The fourth-order valence-electron chi connectivity index (χ4n) is 1.22. The highest BCUT2D eigenvalue weighted by Gasteiger charge is 2.23. The molecule has 0 fully saturated rings. The minimum Gasteiger partial charge on any atom is -0.210 e. The lowest BCUT2D eigenvalue weighted by molar-refractivity contribution is 0.388. The maximum absolute atomic E-state index is 13.0. The molecule has 0 heterocycles. The van der Waals surface area contributed by atoms with E-state index >= 15 is 0 Å². The molecule has 0 radical (unpaired) electrons. The SMILES string of the molecule is CC1CCC(C)C(Cl)=C1F. The summed E-state index contributed by atoms with van der Waals surface area (Å²) in [5, 5.41) is 0.443. The number of hydrogen-bond donors (Lipinski definition) is 0. The first-order chi connectivity index (χ1) is 4.63. The van der Waals surface area contributed by atoms with Crippen molar-refractivity contribution in [1.82, 2.24) is 0 Å². The average molecular weight is 163 g/mol. The van der Waals surface area contributed by atoms with Crippen LogP contribution in [-0.4, -0.2) is 0 Å². The Morgan fingerprint density at radius 3 is 2.30 bits per heavy atom. The molecule has 0 aliphatic heterocycles. The largest absolute Gasteiger partial charge is 0.210 e. The zero-order chi connectivity index (χ0) is 7.72. The molecule has 1 aliphatic rings. The van der Waals surface area contributed by atoms with Crippen molar-refractivity contribution in [3.8, 4) is 0 Å². The van der Waals surface area contributed by atoms with Crippen LogP contribution in [0.1, 0.15) is 26.7 Å². The zero-order valence-electron chi connectivity index (χ0n) is 6.32. The lowest BCUT2D eigenvalue weighted by Crippen LogP contribution is -2.10. The molecule has 58 valence electrons. The number of rotatable bonds is 0. The average Bonchev–Trinajstić information content (AvgIpc) is 1.93. The van der Waals surface area contributed by atoms with E-state index in [2.05, 4.69) is 0 Å². The van der Waals surface area contributed by atoms with E-state index in [-0.39, 0.29) is 17.7 Å². The Morgan fingerprint density at radius 1 is 1.30 bits per heavy atom. The summed E-state index contributed by atoms with van der Waals surface area (Å²) in [5.41, 5.74) is 0. The summed E-state index contributed by atoms with van der Waals surface area (Å²) in [4.78, 5) is 0. The first-order valence-corrected chi connectivity index (χ1v) is 4.05. The predicted molar refractivity (Wildman–Crippen MR) is 41.5 cm³/mol. The fourth-order valence-corrected chi connectivity index (χ4v) is 1.52. The summed E-state index contributed by atoms with van der Waals surface area (Å²) in [5.74, 6) is 0.182. The first-order valence-electron chi connectivity index (χ1n) is 3.68. The van der Waals surface area contributed by atoms with Crippen molar-refractivity contribution in [3.63, 3.8) is 0 Å². The molecule has 0 saturated carbocycles. The van der Waals surface area contributed by atoms with Crippen LogP contribution in [-0.2, 0) is 0 Å². The monoisotopic (exact) mass is 162 g/mol. The van der Waals surface area contributed by atoms with Crippen molar-refractivity contribution in [3.05, 3.63) is 10.9 Å². The highest BCUT2D eigenvalue weighted by Crippen LogP contribution is 2.36. The Bertz CT molecular complexity index is 145. The lowest BCUT2D eigenvalue weighted by atomic mass is 9.90. The maximum atomic E-state index is 13.0. The summed E-state index contributed by atoms with van der Waals surface area (Å²) in [6.07, 6.45) is 1.96. The van der Waals surface area contributed by atoms with Gasteiger partial charge in [-0.1, -0.05) is 25.4 Å². The number of hydrogen-bond acceptors (Lipinski definition) is 0. The third-order valence-corrected chi connectivity index (χ3v) is 2.68. The second kappa shape index (κ2) is 2.91. The van der Waals surface area contributed by atoms with Crippen LogP contribution in [0.5, 0.6) is 0 Å². The van der Waals surface area contributed by atoms with Gasteiger partial charge in [0.05, 0.1) is 5.03 Å². The fraction of sp³-hybridized carbons (Fsp3) is 0.750. The standard InChI is InChI=1S/C8H12ClF/c1-5-3-4-6(2)8(10)7(5)9/h5-6H,3-4H2,1-2H3. The second-order valence-corrected chi connectivity index (χ2v) is 3.48. The minimum absolute atomic E-state index is 0.0451. The third kappa shape index (κ3) is 1.34. The van der Waals surface area contributed by atoms with E-state index < -0.39 is 0 Å². The summed E-state index contributed by atoms with van der Waals surface area (Å²) < 4.78 is 13.0. The molecule has 0 aromatic rings. The lowest BCUT2D eigenvalue weighted by Gasteiger charge is -2.21. The van der Waals surface area contributed by atoms with Crippen molar-refractivity contribution in [2.24, 2.45) is 11.8 Å². The van der Waals surface area contributed by atoms with Crippen LogP contribution in [0.15, 0.2) is 10.9 Å². The third-order valence-electron chi connectivity index (χ3n) is 2.13. The molecule has 10 heavy (non-hydrogen) atoms. The smallest absolute Gasteiger partial charge is 0.117 e. The van der Waals surface area contributed by atoms with E-state index in [1.807, 2.05) is 13.8 Å². The Morgan fingerprint density at radius 2 is 1.80 bits per heavy atom. The van der Waals surface area contributed by atoms with Crippen LogP contribution in [0.25, 0.3) is 0 Å². The van der Waals surface area contributed by atoms with Crippen molar-refractivity contribution in [2.45, 2.75) is 26.7 Å². The quantitative estimate of drug-likeness (QED) is 0.512. The molecule has 0 aromatic heterocycles. The molecule has 0 spiro atoms. The van der Waals surface area contributed by atoms with E-state index in [4.69, 9.17) is 11.6 Å². The molecule has 0 amide bonds. The van der Waals surface area contributed by atoms with Crippen LogP contribution < -0.4 is 0 Å². The first kappa shape index (κ1) is 8.06. The summed E-state index contributed by atoms with van der Waals surface area (Å²) in [6.45, 7) is 3.84. The highest BCUT2D eigenvalue weighted by molar-refractivity contribution is 6.30. The van der Waals surface area contributed by atoms with Crippen LogP contribution in [0.2, 0.25) is 0 Å². The molecule has 0 N–H and O–H groups in total. The Labute approximate surface area is 66.1 Å². The highest BCUT2D eigenvalue weighted by atomic mass is 35.5. The van der Waals surface area contributed by atoms with Gasteiger partial charge in [-0.05, 0) is 18.8 Å². The van der Waals surface area contributed by atoms with Crippen molar-refractivity contribution in [1.29, 1.82) is 0 Å². The van der Waals surface area contributed by atoms with Crippen LogP contribution >= 0.6 is 11.6 Å². The maximum Gasteiger partial charge on any atom is 0.117 e. The Hall–Kier alpha value is -0.0400. The van der Waals surface area contributed by atoms with Crippen LogP contribution in [0.3, 0.4) is 0 Å². The van der Waals surface area contributed by atoms with E-state index in [1.54, 1.807) is 0 Å². The van der Waals surface area contributed by atoms with Gasteiger partial charge in [-0.15, -0.1) is 0 Å². The van der Waals surface area contributed by atoms with E-state index in [9.17, 15) is 4.39 Å². The van der Waals surface area contributed by atoms with Gasteiger partial charge in [-0.3, -0.25) is 0 Å². The topological polar surface area (TPSA) is 0 Å². The van der Waals surface area contributed by atoms with Gasteiger partial charge in [0.25, 0.3) is 0 Å². The summed E-state index contributed by atoms with van der Waals surface area (Å²) >= 11 is 5.72. The summed E-state index contributed by atoms with van der Waals surface area (Å²) in [6, 6.07) is 0. The zero-order valence-corrected chi connectivity index (χ0v) is 7.08. The molecule has 2 heteroatoms. The van der Waals surface area contributed by atoms with Crippen molar-refractivity contribution >= 4 is 11.6 Å². The predicted octanol–water partition coefficient (Wildman–Crippen LogP) is 3.47. The molecule has 0 nitrogen and oxygen atoms in total. The Balaban J connectivity index is 2.81. The van der Waals surface area contributed by atoms with Gasteiger partial charge in [-0.25, -0.2) is 4.39 Å². The van der Waals surface area contributed by atoms with Gasteiger partial charge in [-0.2, -0.15) is 0 Å². The number of allylic oxidation sites excluding steroid dienone is 2. The van der Waals surface area contributed by atoms with Gasteiger partial charge >= 0.3 is 0 Å². The van der Waals surface area contributed by atoms with Crippen LogP contribution in [0.4, 0.5) is 4.39 Å². The molecule has 1 rings (SSSR count). The second-order valence-electron chi connectivity index (χ2n) is 3.08. The minimum atomic E-state index is -0.0968. The normalized spacial score (nSPS) is 34.8. The molecule has 2 atom stereocenters. The van der Waals surface area contributed by atoms with Crippen molar-refractivity contribution < 1.29 is 4.39 Å². The number of halogens is 2. The summed E-state index contributed by atoms with van der Waals surface area (Å²) in [7, 11) is 0. The van der Waals surface area contributed by atoms with Gasteiger partial charge < -0.3 is 0 Å². The molecule has 2 unspecified atom stereocenters. The molecule has 0 aromatic carbocycles. The molecule has 1 aliphatic carbocycles. The van der Waals surface area contributed by atoms with Gasteiger partial charge in [0, 0.05) is 5.92 Å². The van der Waals surface area contributed by atoms with Gasteiger partial charge in [0.15, 0.2) is 0 Å². The Kier molecular flexibility index (Phi) is 2.35. The molecular formula is C8H12ClF. The molecule has 0 bridgehead atoms. The van der Waals surface area contributed by atoms with Gasteiger partial charge in [0.2, 0.25) is 0 Å². The van der Waals surface area contributed by atoms with Crippen LogP contribution in [0, 0.1) is 11.8 Å². The molecule has 0 saturated heterocycles. The van der Waals surface area contributed by atoms with E-state index in [1.165, 1.54) is 0 Å². The van der Waals surface area contributed by atoms with E-state index in [0.29, 0.717) is 5.03 Å². The van der Waals surface area contributed by atoms with Crippen molar-refractivity contribution in [2.75, 3.05) is 0 Å². The van der Waals surface area contributed by atoms with E-state index in [0.717, 1.165) is 12.8 Å². The molecular weight excluding hydrogens is 151 g/mol. The van der Waals surface area contributed by atoms with Gasteiger partial charge in [0.1, 0.15) is 5.83 Å².